The van der Waals surface area contributed by atoms with Gasteiger partial charge in [0.1, 0.15) is 0 Å². The molecule has 1 rings (SSSR count). The first-order valence-electron chi connectivity index (χ1n) is 6.24. The summed E-state index contributed by atoms with van der Waals surface area (Å²) in [6.45, 7) is 3.23. The monoisotopic (exact) mass is 249 g/mol. The van der Waals surface area contributed by atoms with E-state index in [0.29, 0.717) is 25.2 Å². The zero-order chi connectivity index (χ0) is 11.6. The molecule has 4 heteroatoms. The highest BCUT2D eigenvalue weighted by Crippen LogP contribution is 2.26. The highest BCUT2D eigenvalue weighted by Gasteiger charge is 2.25. The number of alkyl halides is 1. The van der Waals surface area contributed by atoms with Crippen LogP contribution in [-0.4, -0.2) is 45.4 Å². The Hall–Kier alpha value is 0.170. The van der Waals surface area contributed by atoms with Crippen LogP contribution in [0.2, 0.25) is 0 Å². The van der Waals surface area contributed by atoms with Gasteiger partial charge in [0.2, 0.25) is 0 Å². The third-order valence-corrected chi connectivity index (χ3v) is 3.56. The second-order valence-corrected chi connectivity index (χ2v) is 4.67. The van der Waals surface area contributed by atoms with Crippen molar-refractivity contribution in [2.24, 2.45) is 5.92 Å². The Bertz CT molecular complexity index is 169. The van der Waals surface area contributed by atoms with Crippen LogP contribution < -0.4 is 5.32 Å². The minimum absolute atomic E-state index is 0.636. The number of hydrogen-bond acceptors (Lipinski definition) is 3. The van der Waals surface area contributed by atoms with Crippen molar-refractivity contribution in [2.75, 3.05) is 39.4 Å². The Morgan fingerprint density at radius 1 is 1.25 bits per heavy atom. The SMILES string of the molecule is COCCOCCCNC1CCCC1CCl. The van der Waals surface area contributed by atoms with Crippen LogP contribution >= 0.6 is 11.6 Å². The second-order valence-electron chi connectivity index (χ2n) is 4.36. The first-order valence-corrected chi connectivity index (χ1v) is 6.78. The fourth-order valence-electron chi connectivity index (χ4n) is 2.20. The van der Waals surface area contributed by atoms with Gasteiger partial charge in [0.05, 0.1) is 13.2 Å². The van der Waals surface area contributed by atoms with Crippen molar-refractivity contribution < 1.29 is 9.47 Å². The number of methoxy groups -OCH3 is 1. The lowest BCUT2D eigenvalue weighted by Crippen LogP contribution is -2.34. The maximum absolute atomic E-state index is 5.92. The van der Waals surface area contributed by atoms with Gasteiger partial charge in [-0.3, -0.25) is 0 Å². The molecule has 0 saturated heterocycles. The number of halogens is 1. The number of ether oxygens (including phenoxy) is 2. The Labute approximate surface area is 104 Å². The Morgan fingerprint density at radius 3 is 2.88 bits per heavy atom. The molecule has 0 radical (unpaired) electrons. The molecular weight excluding hydrogens is 226 g/mol. The van der Waals surface area contributed by atoms with Crippen LogP contribution in [0.3, 0.4) is 0 Å². The summed E-state index contributed by atoms with van der Waals surface area (Å²) in [5.41, 5.74) is 0. The van der Waals surface area contributed by atoms with Crippen molar-refractivity contribution in [2.45, 2.75) is 31.7 Å². The highest BCUT2D eigenvalue weighted by molar-refractivity contribution is 6.18. The summed E-state index contributed by atoms with van der Waals surface area (Å²) in [5.74, 6) is 1.47. The maximum Gasteiger partial charge on any atom is 0.0700 e. The summed E-state index contributed by atoms with van der Waals surface area (Å²) < 4.78 is 10.3. The molecule has 0 aliphatic heterocycles. The Balaban J connectivity index is 1.90. The van der Waals surface area contributed by atoms with E-state index >= 15 is 0 Å². The first-order chi connectivity index (χ1) is 7.88. The fourth-order valence-corrected chi connectivity index (χ4v) is 2.57. The minimum atomic E-state index is 0.636. The summed E-state index contributed by atoms with van der Waals surface area (Å²) in [6.07, 6.45) is 4.95. The molecule has 0 aromatic rings. The van der Waals surface area contributed by atoms with Crippen LogP contribution in [-0.2, 0) is 9.47 Å². The van der Waals surface area contributed by atoms with E-state index in [9.17, 15) is 0 Å². The molecular formula is C12H24ClNO2. The summed E-state index contributed by atoms with van der Waals surface area (Å²) in [7, 11) is 1.69. The first kappa shape index (κ1) is 14.2. The average molecular weight is 250 g/mol. The molecule has 3 nitrogen and oxygen atoms in total. The van der Waals surface area contributed by atoms with E-state index < -0.39 is 0 Å². The van der Waals surface area contributed by atoms with E-state index in [-0.39, 0.29) is 0 Å². The van der Waals surface area contributed by atoms with Gasteiger partial charge in [-0.15, -0.1) is 11.6 Å². The quantitative estimate of drug-likeness (QED) is 0.501. The van der Waals surface area contributed by atoms with Gasteiger partial charge in [-0.25, -0.2) is 0 Å². The van der Waals surface area contributed by atoms with Crippen molar-refractivity contribution in [1.29, 1.82) is 0 Å². The van der Waals surface area contributed by atoms with E-state index in [4.69, 9.17) is 21.1 Å². The molecule has 2 atom stereocenters. The molecule has 1 N–H and O–H groups in total. The Morgan fingerprint density at radius 2 is 2.12 bits per heavy atom. The van der Waals surface area contributed by atoms with Crippen molar-refractivity contribution in [3.05, 3.63) is 0 Å². The van der Waals surface area contributed by atoms with Crippen molar-refractivity contribution >= 4 is 11.6 Å². The predicted molar refractivity (Wildman–Crippen MR) is 67.2 cm³/mol. The summed E-state index contributed by atoms with van der Waals surface area (Å²) in [6, 6.07) is 0.636. The molecule has 96 valence electrons. The minimum Gasteiger partial charge on any atom is -0.382 e. The van der Waals surface area contributed by atoms with Crippen molar-refractivity contribution in [1.82, 2.24) is 5.32 Å². The molecule has 1 aliphatic carbocycles. The molecule has 0 heterocycles. The highest BCUT2D eigenvalue weighted by atomic mass is 35.5. The van der Waals surface area contributed by atoms with E-state index in [1.165, 1.54) is 19.3 Å². The fraction of sp³-hybridized carbons (Fsp3) is 1.00. The van der Waals surface area contributed by atoms with Crippen LogP contribution in [0.5, 0.6) is 0 Å². The third-order valence-electron chi connectivity index (χ3n) is 3.16. The van der Waals surface area contributed by atoms with E-state index in [0.717, 1.165) is 25.5 Å². The normalized spacial score (nSPS) is 25.1. The van der Waals surface area contributed by atoms with Gasteiger partial charge >= 0.3 is 0 Å². The lowest BCUT2D eigenvalue weighted by Gasteiger charge is -2.18. The molecule has 0 spiro atoms. The lowest BCUT2D eigenvalue weighted by atomic mass is 10.1. The van der Waals surface area contributed by atoms with Gasteiger partial charge in [-0.2, -0.15) is 0 Å². The summed E-state index contributed by atoms with van der Waals surface area (Å²) in [4.78, 5) is 0. The van der Waals surface area contributed by atoms with E-state index in [1.54, 1.807) is 7.11 Å². The molecule has 0 amide bonds. The van der Waals surface area contributed by atoms with Crippen LogP contribution in [0.25, 0.3) is 0 Å². The van der Waals surface area contributed by atoms with Gasteiger partial charge in [0.15, 0.2) is 0 Å². The van der Waals surface area contributed by atoms with E-state index in [1.807, 2.05) is 0 Å². The number of rotatable bonds is 9. The smallest absolute Gasteiger partial charge is 0.0700 e. The van der Waals surface area contributed by atoms with Crippen LogP contribution in [0, 0.1) is 5.92 Å². The summed E-state index contributed by atoms with van der Waals surface area (Å²) in [5, 5.41) is 3.58. The molecule has 0 aromatic carbocycles. The zero-order valence-corrected chi connectivity index (χ0v) is 11.0. The van der Waals surface area contributed by atoms with Gasteiger partial charge in [-0.05, 0) is 31.7 Å². The Kier molecular flexibility index (Phi) is 8.21. The van der Waals surface area contributed by atoms with Gasteiger partial charge in [-0.1, -0.05) is 6.42 Å². The van der Waals surface area contributed by atoms with Gasteiger partial charge in [0.25, 0.3) is 0 Å². The molecule has 1 fully saturated rings. The van der Waals surface area contributed by atoms with Gasteiger partial charge in [0, 0.05) is 25.6 Å². The van der Waals surface area contributed by atoms with E-state index in [2.05, 4.69) is 5.32 Å². The molecule has 2 unspecified atom stereocenters. The number of hydrogen-bond donors (Lipinski definition) is 1. The molecule has 16 heavy (non-hydrogen) atoms. The zero-order valence-electron chi connectivity index (χ0n) is 10.2. The second kappa shape index (κ2) is 9.23. The topological polar surface area (TPSA) is 30.5 Å². The lowest BCUT2D eigenvalue weighted by molar-refractivity contribution is 0.0691. The van der Waals surface area contributed by atoms with Gasteiger partial charge < -0.3 is 14.8 Å². The van der Waals surface area contributed by atoms with Crippen LogP contribution in [0.1, 0.15) is 25.7 Å². The standard InChI is InChI=1S/C12H24ClNO2/c1-15-8-9-16-7-3-6-14-12-5-2-4-11(12)10-13/h11-12,14H,2-10H2,1H3. The van der Waals surface area contributed by atoms with Crippen LogP contribution in [0.15, 0.2) is 0 Å². The summed E-state index contributed by atoms with van der Waals surface area (Å²) >= 11 is 5.92. The van der Waals surface area contributed by atoms with Crippen LogP contribution in [0.4, 0.5) is 0 Å². The van der Waals surface area contributed by atoms with Crippen molar-refractivity contribution in [3.8, 4) is 0 Å². The largest absolute Gasteiger partial charge is 0.382 e. The van der Waals surface area contributed by atoms with Crippen molar-refractivity contribution in [3.63, 3.8) is 0 Å². The maximum atomic E-state index is 5.92. The number of nitrogens with one attached hydrogen (secondary N) is 1. The molecule has 1 saturated carbocycles. The molecule has 0 aromatic heterocycles. The predicted octanol–water partition coefficient (Wildman–Crippen LogP) is 2.04. The third kappa shape index (κ3) is 5.48. The molecule has 0 bridgehead atoms. The average Bonchev–Trinajstić information content (AvgIpc) is 2.75. The molecule has 1 aliphatic rings.